The van der Waals surface area contributed by atoms with E-state index in [0.29, 0.717) is 10.9 Å². The minimum atomic E-state index is 0.0816. The molecule has 0 radical (unpaired) electrons. The van der Waals surface area contributed by atoms with Gasteiger partial charge in [-0.05, 0) is 30.9 Å². The van der Waals surface area contributed by atoms with Gasteiger partial charge in [0.1, 0.15) is 11.4 Å². The highest BCUT2D eigenvalue weighted by molar-refractivity contribution is 9.10. The molecule has 6 heteroatoms. The van der Waals surface area contributed by atoms with Crippen LogP contribution < -0.4 is 5.32 Å². The van der Waals surface area contributed by atoms with Gasteiger partial charge < -0.3 is 5.11 Å². The van der Waals surface area contributed by atoms with Gasteiger partial charge in [-0.1, -0.05) is 27.7 Å². The number of thioether (sulfide) groups is 1. The molecule has 1 aromatic carbocycles. The van der Waals surface area contributed by atoms with Gasteiger partial charge in [0.05, 0.1) is 0 Å². The lowest BCUT2D eigenvalue weighted by Gasteiger charge is -2.06. The molecule has 84 valence electrons. The van der Waals surface area contributed by atoms with Gasteiger partial charge in [0.25, 0.3) is 0 Å². The molecule has 4 nitrogen and oxygen atoms in total. The van der Waals surface area contributed by atoms with Crippen LogP contribution in [-0.4, -0.2) is 16.5 Å². The summed E-state index contributed by atoms with van der Waals surface area (Å²) in [7, 11) is 0. The van der Waals surface area contributed by atoms with Gasteiger partial charge in [-0.15, -0.1) is 0 Å². The summed E-state index contributed by atoms with van der Waals surface area (Å²) in [6.07, 6.45) is 3.60. The number of nitrogens with zero attached hydrogens (tertiary/aromatic N) is 2. The highest BCUT2D eigenvalue weighted by Crippen LogP contribution is 2.34. The van der Waals surface area contributed by atoms with Gasteiger partial charge in [0.2, 0.25) is 0 Å². The lowest BCUT2D eigenvalue weighted by atomic mass is 10.2. The number of aromatic hydroxyl groups is 1. The van der Waals surface area contributed by atoms with E-state index in [0.717, 1.165) is 10.0 Å². The highest BCUT2D eigenvalue weighted by Gasteiger charge is 2.07. The molecule has 1 aromatic rings. The Morgan fingerprint density at radius 1 is 1.62 bits per heavy atom. The number of rotatable bonds is 1. The Balaban J connectivity index is 3.19. The summed E-state index contributed by atoms with van der Waals surface area (Å²) >= 11 is 4.58. The van der Waals surface area contributed by atoms with Crippen molar-refractivity contribution in [2.24, 2.45) is 4.99 Å². The van der Waals surface area contributed by atoms with Crippen molar-refractivity contribution in [3.05, 3.63) is 22.2 Å². The van der Waals surface area contributed by atoms with Gasteiger partial charge in [-0.25, -0.2) is 4.99 Å². The maximum Gasteiger partial charge on any atom is 0.183 e. The molecule has 0 aliphatic carbocycles. The maximum atomic E-state index is 9.73. The maximum absolute atomic E-state index is 9.73. The topological polar surface area (TPSA) is 68.4 Å². The molecule has 2 N–H and O–H groups in total. The van der Waals surface area contributed by atoms with Crippen LogP contribution in [0.3, 0.4) is 0 Å². The minimum Gasteiger partial charge on any atom is -0.506 e. The van der Waals surface area contributed by atoms with Crippen LogP contribution in [0, 0.1) is 18.4 Å². The van der Waals surface area contributed by atoms with E-state index in [1.165, 1.54) is 11.8 Å². The second-order valence-corrected chi connectivity index (χ2v) is 4.66. The third-order valence-electron chi connectivity index (χ3n) is 1.81. The molecule has 0 atom stereocenters. The number of hydrogen-bond donors (Lipinski definition) is 2. The van der Waals surface area contributed by atoms with Crippen LogP contribution in [0.25, 0.3) is 0 Å². The second-order valence-electron chi connectivity index (χ2n) is 2.95. The van der Waals surface area contributed by atoms with Crippen LogP contribution in [0.4, 0.5) is 5.69 Å². The Labute approximate surface area is 107 Å². The summed E-state index contributed by atoms with van der Waals surface area (Å²) < 4.78 is 0.792. The Hall–Kier alpha value is -1.19. The van der Waals surface area contributed by atoms with Gasteiger partial charge in [0, 0.05) is 4.47 Å². The van der Waals surface area contributed by atoms with Crippen LogP contribution in [0.2, 0.25) is 0 Å². The molecule has 0 bridgehead atoms. The summed E-state index contributed by atoms with van der Waals surface area (Å²) in [5.74, 6) is 0.0816. The molecule has 0 amide bonds. The van der Waals surface area contributed by atoms with Crippen LogP contribution >= 0.6 is 27.7 Å². The first-order chi connectivity index (χ1) is 7.58. The highest BCUT2D eigenvalue weighted by atomic mass is 79.9. The quantitative estimate of drug-likeness (QED) is 0.362. The van der Waals surface area contributed by atoms with E-state index in [1.54, 1.807) is 18.5 Å². The van der Waals surface area contributed by atoms with Crippen molar-refractivity contribution < 1.29 is 5.11 Å². The van der Waals surface area contributed by atoms with Crippen molar-refractivity contribution in [3.8, 4) is 11.9 Å². The molecule has 0 saturated heterocycles. The van der Waals surface area contributed by atoms with Crippen molar-refractivity contribution in [2.75, 3.05) is 6.26 Å². The average Bonchev–Trinajstić information content (AvgIpc) is 2.21. The molecule has 0 saturated carbocycles. The summed E-state index contributed by atoms with van der Waals surface area (Å²) in [6, 6.07) is 3.42. The number of aryl methyl sites for hydroxylation is 1. The molecule has 16 heavy (non-hydrogen) atoms. The number of phenolic OH excluding ortho intramolecular Hbond substituents is 1. The average molecular weight is 300 g/mol. The predicted molar refractivity (Wildman–Crippen MR) is 69.9 cm³/mol. The number of halogens is 1. The molecule has 0 aromatic heterocycles. The van der Waals surface area contributed by atoms with E-state index >= 15 is 0 Å². The molecule has 0 fully saturated rings. The summed E-state index contributed by atoms with van der Waals surface area (Å²) in [5, 5.41) is 21.1. The van der Waals surface area contributed by atoms with Gasteiger partial charge >= 0.3 is 0 Å². The molecule has 0 unspecified atom stereocenters. The zero-order valence-corrected chi connectivity index (χ0v) is 11.2. The number of hydrogen-bond acceptors (Lipinski definition) is 4. The van der Waals surface area contributed by atoms with Crippen LogP contribution in [-0.2, 0) is 0 Å². The SMILES string of the molecule is CSC(=Nc1c(C)cc(Br)cc1O)NC#N. The molecule has 0 aliphatic heterocycles. The molecule has 0 heterocycles. The third-order valence-corrected chi connectivity index (χ3v) is 2.85. The Morgan fingerprint density at radius 2 is 2.31 bits per heavy atom. The van der Waals surface area contributed by atoms with Crippen LogP contribution in [0.15, 0.2) is 21.6 Å². The zero-order valence-electron chi connectivity index (χ0n) is 8.78. The lowest BCUT2D eigenvalue weighted by Crippen LogP contribution is -2.12. The van der Waals surface area contributed by atoms with Crippen molar-refractivity contribution >= 4 is 38.5 Å². The first-order valence-corrected chi connectivity index (χ1v) is 6.37. The standard InChI is InChI=1S/C10H10BrN3OS/c1-6-3-7(11)4-8(15)9(6)14-10(16-2)13-5-12/h3-4,15H,1-2H3,(H,13,14). The van der Waals surface area contributed by atoms with Crippen LogP contribution in [0.5, 0.6) is 5.75 Å². The van der Waals surface area contributed by atoms with Gasteiger partial charge in [-0.3, -0.25) is 5.32 Å². The zero-order chi connectivity index (χ0) is 12.1. The van der Waals surface area contributed by atoms with E-state index in [-0.39, 0.29) is 5.75 Å². The fourth-order valence-electron chi connectivity index (χ4n) is 1.14. The number of nitrogens with one attached hydrogen (secondary N) is 1. The van der Waals surface area contributed by atoms with Crippen molar-refractivity contribution in [1.29, 1.82) is 5.26 Å². The van der Waals surface area contributed by atoms with E-state index in [9.17, 15) is 5.11 Å². The fourth-order valence-corrected chi connectivity index (χ4v) is 2.03. The lowest BCUT2D eigenvalue weighted by molar-refractivity contribution is 0.476. The third kappa shape index (κ3) is 3.15. The van der Waals surface area contributed by atoms with E-state index in [2.05, 4.69) is 26.2 Å². The van der Waals surface area contributed by atoms with Gasteiger partial charge in [0.15, 0.2) is 11.4 Å². The fraction of sp³-hybridized carbons (Fsp3) is 0.200. The van der Waals surface area contributed by atoms with E-state index in [4.69, 9.17) is 5.26 Å². The number of phenols is 1. The number of aliphatic imine (C=N–C) groups is 1. The summed E-state index contributed by atoms with van der Waals surface area (Å²) in [6.45, 7) is 1.84. The van der Waals surface area contributed by atoms with E-state index in [1.807, 2.05) is 13.0 Å². The molecule has 0 aliphatic rings. The predicted octanol–water partition coefficient (Wildman–Crippen LogP) is 2.88. The van der Waals surface area contributed by atoms with Crippen LogP contribution in [0.1, 0.15) is 5.56 Å². The van der Waals surface area contributed by atoms with Crippen molar-refractivity contribution in [2.45, 2.75) is 6.92 Å². The van der Waals surface area contributed by atoms with E-state index < -0.39 is 0 Å². The Bertz CT molecular complexity index is 445. The number of amidine groups is 1. The summed E-state index contributed by atoms with van der Waals surface area (Å²) in [4.78, 5) is 4.18. The monoisotopic (exact) mass is 299 g/mol. The smallest absolute Gasteiger partial charge is 0.183 e. The first kappa shape index (κ1) is 12.9. The molecule has 1 rings (SSSR count). The summed E-state index contributed by atoms with van der Waals surface area (Å²) in [5.41, 5.74) is 1.30. The second kappa shape index (κ2) is 5.77. The van der Waals surface area contributed by atoms with Crippen molar-refractivity contribution in [3.63, 3.8) is 0 Å². The molecular weight excluding hydrogens is 290 g/mol. The molecule has 0 spiro atoms. The van der Waals surface area contributed by atoms with Gasteiger partial charge in [-0.2, -0.15) is 5.26 Å². The Morgan fingerprint density at radius 3 is 2.81 bits per heavy atom. The largest absolute Gasteiger partial charge is 0.506 e. The Kier molecular flexibility index (Phi) is 4.65. The normalized spacial score (nSPS) is 11.0. The number of nitriles is 1. The first-order valence-electron chi connectivity index (χ1n) is 4.35. The van der Waals surface area contributed by atoms with Crippen molar-refractivity contribution in [1.82, 2.24) is 5.32 Å². The number of benzene rings is 1. The molecular formula is C10H10BrN3OS. The minimum absolute atomic E-state index is 0.0816.